The zero-order chi connectivity index (χ0) is 13.0. The maximum Gasteiger partial charge on any atom is 0.135 e. The largest absolute Gasteiger partial charge is 0.460 e. The SMILES string of the molecule is Cl.N#CCNCc1ccc(-c2ccc(Cl)cc2Cl)o1. The van der Waals surface area contributed by atoms with Gasteiger partial charge in [-0.3, -0.25) is 5.32 Å². The number of nitrogens with one attached hydrogen (secondary N) is 1. The van der Waals surface area contributed by atoms with Crippen molar-refractivity contribution < 1.29 is 4.42 Å². The van der Waals surface area contributed by atoms with Crippen molar-refractivity contribution in [3.63, 3.8) is 0 Å². The Kier molecular flexibility index (Phi) is 6.20. The highest BCUT2D eigenvalue weighted by molar-refractivity contribution is 6.36. The van der Waals surface area contributed by atoms with E-state index in [0.29, 0.717) is 22.4 Å². The highest BCUT2D eigenvalue weighted by Crippen LogP contribution is 2.31. The zero-order valence-electron chi connectivity index (χ0n) is 9.82. The number of hydrogen-bond acceptors (Lipinski definition) is 3. The van der Waals surface area contributed by atoms with Crippen molar-refractivity contribution in [1.29, 1.82) is 5.26 Å². The normalized spacial score (nSPS) is 9.74. The van der Waals surface area contributed by atoms with Gasteiger partial charge in [-0.2, -0.15) is 5.26 Å². The lowest BCUT2D eigenvalue weighted by atomic mass is 10.2. The van der Waals surface area contributed by atoms with Gasteiger partial charge in [-0.15, -0.1) is 12.4 Å². The van der Waals surface area contributed by atoms with Gasteiger partial charge >= 0.3 is 0 Å². The average Bonchev–Trinajstić information content (AvgIpc) is 2.78. The minimum atomic E-state index is 0. The van der Waals surface area contributed by atoms with Gasteiger partial charge in [0.05, 0.1) is 24.2 Å². The molecule has 0 radical (unpaired) electrons. The first-order valence-corrected chi connectivity index (χ1v) is 6.08. The van der Waals surface area contributed by atoms with Crippen LogP contribution in [-0.4, -0.2) is 6.54 Å². The Balaban J connectivity index is 0.00000180. The van der Waals surface area contributed by atoms with Crippen molar-refractivity contribution in [3.8, 4) is 17.4 Å². The fourth-order valence-electron chi connectivity index (χ4n) is 1.55. The Labute approximate surface area is 127 Å². The molecule has 0 aliphatic carbocycles. The number of furan rings is 1. The fourth-order valence-corrected chi connectivity index (χ4v) is 2.05. The molecule has 0 aliphatic heterocycles. The van der Waals surface area contributed by atoms with E-state index < -0.39 is 0 Å². The highest BCUT2D eigenvalue weighted by atomic mass is 35.5. The maximum absolute atomic E-state index is 8.42. The summed E-state index contributed by atoms with van der Waals surface area (Å²) in [7, 11) is 0. The first-order chi connectivity index (χ1) is 8.70. The van der Waals surface area contributed by atoms with E-state index in [0.717, 1.165) is 11.3 Å². The van der Waals surface area contributed by atoms with Gasteiger partial charge in [0, 0.05) is 10.6 Å². The van der Waals surface area contributed by atoms with Crippen molar-refractivity contribution >= 4 is 35.6 Å². The Morgan fingerprint density at radius 2 is 2.00 bits per heavy atom. The number of nitriles is 1. The first-order valence-electron chi connectivity index (χ1n) is 5.32. The van der Waals surface area contributed by atoms with E-state index in [-0.39, 0.29) is 19.0 Å². The number of hydrogen-bond donors (Lipinski definition) is 1. The summed E-state index contributed by atoms with van der Waals surface area (Å²) in [6.07, 6.45) is 0. The van der Waals surface area contributed by atoms with Gasteiger partial charge in [-0.1, -0.05) is 23.2 Å². The Bertz CT molecular complexity index is 590. The van der Waals surface area contributed by atoms with Gasteiger partial charge in [0.15, 0.2) is 0 Å². The third-order valence-electron chi connectivity index (χ3n) is 2.36. The molecule has 0 aliphatic rings. The minimum absolute atomic E-state index is 0. The molecule has 100 valence electrons. The van der Waals surface area contributed by atoms with E-state index in [2.05, 4.69) is 5.32 Å². The van der Waals surface area contributed by atoms with Gasteiger partial charge in [0.2, 0.25) is 0 Å². The summed E-state index contributed by atoms with van der Waals surface area (Å²) in [5.41, 5.74) is 0.799. The predicted octanol–water partition coefficient (Wildman–Crippen LogP) is 4.29. The van der Waals surface area contributed by atoms with Crippen molar-refractivity contribution in [2.75, 3.05) is 6.54 Å². The van der Waals surface area contributed by atoms with Crippen LogP contribution in [0.3, 0.4) is 0 Å². The minimum Gasteiger partial charge on any atom is -0.460 e. The molecular formula is C13H11Cl3N2O. The molecule has 2 rings (SSSR count). The summed E-state index contributed by atoms with van der Waals surface area (Å²) in [5, 5.41) is 12.5. The molecule has 1 heterocycles. The lowest BCUT2D eigenvalue weighted by molar-refractivity contribution is 0.502. The van der Waals surface area contributed by atoms with Crippen LogP contribution in [0.5, 0.6) is 0 Å². The maximum atomic E-state index is 8.42. The molecule has 0 spiro atoms. The van der Waals surface area contributed by atoms with Crippen LogP contribution in [0.2, 0.25) is 10.0 Å². The predicted molar refractivity (Wildman–Crippen MR) is 78.7 cm³/mol. The smallest absolute Gasteiger partial charge is 0.135 e. The summed E-state index contributed by atoms with van der Waals surface area (Å²) < 4.78 is 5.64. The molecule has 1 aromatic heterocycles. The van der Waals surface area contributed by atoms with Crippen LogP contribution in [0.4, 0.5) is 0 Å². The van der Waals surface area contributed by atoms with Gasteiger partial charge in [-0.25, -0.2) is 0 Å². The second kappa shape index (κ2) is 7.42. The van der Waals surface area contributed by atoms with Crippen LogP contribution >= 0.6 is 35.6 Å². The van der Waals surface area contributed by atoms with E-state index in [9.17, 15) is 0 Å². The highest BCUT2D eigenvalue weighted by Gasteiger charge is 2.08. The Hall–Kier alpha value is -1.18. The van der Waals surface area contributed by atoms with Crippen molar-refractivity contribution in [2.45, 2.75) is 6.54 Å². The summed E-state index contributed by atoms with van der Waals surface area (Å²) in [5.74, 6) is 1.44. The molecule has 0 bridgehead atoms. The molecule has 1 N–H and O–H groups in total. The van der Waals surface area contributed by atoms with Crippen molar-refractivity contribution in [3.05, 3.63) is 46.1 Å². The molecule has 19 heavy (non-hydrogen) atoms. The topological polar surface area (TPSA) is 49.0 Å². The van der Waals surface area contributed by atoms with Crippen LogP contribution in [0.25, 0.3) is 11.3 Å². The molecular weight excluding hydrogens is 307 g/mol. The zero-order valence-corrected chi connectivity index (χ0v) is 12.1. The van der Waals surface area contributed by atoms with E-state index in [1.165, 1.54) is 0 Å². The summed E-state index contributed by atoms with van der Waals surface area (Å²) in [6, 6.07) is 11.0. The van der Waals surface area contributed by atoms with Gasteiger partial charge in [0.1, 0.15) is 11.5 Å². The van der Waals surface area contributed by atoms with Crippen LogP contribution in [0, 0.1) is 11.3 Å². The lowest BCUT2D eigenvalue weighted by Gasteiger charge is -2.01. The number of rotatable bonds is 4. The quantitative estimate of drug-likeness (QED) is 0.676. The second-order valence-electron chi connectivity index (χ2n) is 3.65. The van der Waals surface area contributed by atoms with E-state index >= 15 is 0 Å². The molecule has 0 saturated carbocycles. The van der Waals surface area contributed by atoms with Crippen LogP contribution < -0.4 is 5.32 Å². The van der Waals surface area contributed by atoms with Crippen LogP contribution in [0.15, 0.2) is 34.7 Å². The molecule has 3 nitrogen and oxygen atoms in total. The molecule has 0 fully saturated rings. The average molecular weight is 318 g/mol. The first kappa shape index (κ1) is 15.9. The molecule has 1 aromatic carbocycles. The van der Waals surface area contributed by atoms with Gasteiger partial charge in [-0.05, 0) is 30.3 Å². The Morgan fingerprint density at radius 1 is 1.21 bits per heavy atom. The molecule has 0 saturated heterocycles. The second-order valence-corrected chi connectivity index (χ2v) is 4.50. The molecule has 0 unspecified atom stereocenters. The summed E-state index contributed by atoms with van der Waals surface area (Å²) in [6.45, 7) is 0.802. The number of benzene rings is 1. The summed E-state index contributed by atoms with van der Waals surface area (Å²) >= 11 is 11.9. The molecule has 0 amide bonds. The van der Waals surface area contributed by atoms with Crippen LogP contribution in [0.1, 0.15) is 5.76 Å². The van der Waals surface area contributed by atoms with Crippen LogP contribution in [-0.2, 0) is 6.54 Å². The standard InChI is InChI=1S/C13H10Cl2N2O.ClH/c14-9-1-3-11(12(15)7-9)13-4-2-10(18-13)8-17-6-5-16;/h1-4,7,17H,6,8H2;1H. The van der Waals surface area contributed by atoms with Gasteiger partial charge in [0.25, 0.3) is 0 Å². The molecule has 2 aromatic rings. The summed E-state index contributed by atoms with van der Waals surface area (Å²) in [4.78, 5) is 0. The third-order valence-corrected chi connectivity index (χ3v) is 2.91. The van der Waals surface area contributed by atoms with Crippen molar-refractivity contribution in [2.24, 2.45) is 0 Å². The van der Waals surface area contributed by atoms with Gasteiger partial charge < -0.3 is 4.42 Å². The van der Waals surface area contributed by atoms with Crippen molar-refractivity contribution in [1.82, 2.24) is 5.32 Å². The number of nitrogens with zero attached hydrogens (tertiary/aromatic N) is 1. The molecule has 0 atom stereocenters. The Morgan fingerprint density at radius 3 is 2.68 bits per heavy atom. The van der Waals surface area contributed by atoms with E-state index in [1.54, 1.807) is 12.1 Å². The van der Waals surface area contributed by atoms with E-state index in [4.69, 9.17) is 32.9 Å². The lowest BCUT2D eigenvalue weighted by Crippen LogP contribution is -2.12. The fraction of sp³-hybridized carbons (Fsp3) is 0.154. The molecule has 6 heteroatoms. The van der Waals surface area contributed by atoms with E-state index in [1.807, 2.05) is 24.3 Å². The monoisotopic (exact) mass is 316 g/mol. The third kappa shape index (κ3) is 4.15. The number of halogens is 3.